The van der Waals surface area contributed by atoms with Gasteiger partial charge in [-0.2, -0.15) is 0 Å². The second kappa shape index (κ2) is 9.25. The summed E-state index contributed by atoms with van der Waals surface area (Å²) in [6.45, 7) is 2.94. The minimum absolute atomic E-state index is 0.430. The minimum atomic E-state index is -0.805. The molecular weight excluding hydrogens is 242 g/mol. The second-order valence-corrected chi connectivity index (χ2v) is 4.51. The van der Waals surface area contributed by atoms with E-state index in [1.807, 2.05) is 0 Å². The summed E-state index contributed by atoms with van der Waals surface area (Å²) in [4.78, 5) is 10.5. The van der Waals surface area contributed by atoms with E-state index in [4.69, 9.17) is 15.2 Å². The Labute approximate surface area is 114 Å². The van der Waals surface area contributed by atoms with Crippen molar-refractivity contribution in [2.45, 2.75) is 45.4 Å². The fourth-order valence-corrected chi connectivity index (χ4v) is 1.79. The van der Waals surface area contributed by atoms with Crippen LogP contribution in [0.5, 0.6) is 11.5 Å². The first-order chi connectivity index (χ1) is 9.22. The van der Waals surface area contributed by atoms with Gasteiger partial charge in [0, 0.05) is 0 Å². The summed E-state index contributed by atoms with van der Waals surface area (Å²) < 4.78 is 10.3. The number of nitrogens with two attached hydrogens (primary N) is 1. The van der Waals surface area contributed by atoms with Gasteiger partial charge in [-0.25, -0.2) is 4.79 Å². The molecule has 0 aliphatic heterocycles. The van der Waals surface area contributed by atoms with Gasteiger partial charge < -0.3 is 15.2 Å². The van der Waals surface area contributed by atoms with E-state index < -0.39 is 6.09 Å². The van der Waals surface area contributed by atoms with Crippen LogP contribution in [0.3, 0.4) is 0 Å². The zero-order chi connectivity index (χ0) is 13.9. The molecule has 0 saturated carbocycles. The van der Waals surface area contributed by atoms with Gasteiger partial charge in [0.1, 0.15) is 11.5 Å². The van der Waals surface area contributed by atoms with Crippen LogP contribution in [0.15, 0.2) is 24.3 Å². The summed E-state index contributed by atoms with van der Waals surface area (Å²) >= 11 is 0. The lowest BCUT2D eigenvalue weighted by molar-refractivity contribution is 0.210. The Morgan fingerprint density at radius 1 is 1.00 bits per heavy atom. The van der Waals surface area contributed by atoms with E-state index in [9.17, 15) is 4.79 Å². The average molecular weight is 265 g/mol. The Morgan fingerprint density at radius 2 is 1.58 bits per heavy atom. The third-order valence-corrected chi connectivity index (χ3v) is 2.81. The third kappa shape index (κ3) is 7.34. The van der Waals surface area contributed by atoms with Crippen molar-refractivity contribution in [1.82, 2.24) is 0 Å². The molecule has 0 aliphatic carbocycles. The van der Waals surface area contributed by atoms with Gasteiger partial charge in [0.15, 0.2) is 0 Å². The van der Waals surface area contributed by atoms with Gasteiger partial charge in [0.25, 0.3) is 0 Å². The van der Waals surface area contributed by atoms with E-state index in [0.717, 1.165) is 18.8 Å². The van der Waals surface area contributed by atoms with Gasteiger partial charge in [0.2, 0.25) is 0 Å². The van der Waals surface area contributed by atoms with Crippen molar-refractivity contribution < 1.29 is 14.3 Å². The Bertz CT molecular complexity index is 362. The smallest absolute Gasteiger partial charge is 0.409 e. The third-order valence-electron chi connectivity index (χ3n) is 2.81. The van der Waals surface area contributed by atoms with Crippen LogP contribution >= 0.6 is 0 Å². The van der Waals surface area contributed by atoms with Crippen LogP contribution in [0.25, 0.3) is 0 Å². The number of carbonyl (C=O) groups is 1. The van der Waals surface area contributed by atoms with Crippen LogP contribution < -0.4 is 15.2 Å². The maximum absolute atomic E-state index is 10.5. The van der Waals surface area contributed by atoms with Crippen molar-refractivity contribution in [2.75, 3.05) is 6.61 Å². The molecule has 19 heavy (non-hydrogen) atoms. The molecule has 1 rings (SSSR count). The quantitative estimate of drug-likeness (QED) is 0.689. The summed E-state index contributed by atoms with van der Waals surface area (Å²) in [5.74, 6) is 1.21. The predicted molar refractivity (Wildman–Crippen MR) is 75.5 cm³/mol. The summed E-state index contributed by atoms with van der Waals surface area (Å²) in [7, 11) is 0. The number of hydrogen-bond acceptors (Lipinski definition) is 3. The van der Waals surface area contributed by atoms with Gasteiger partial charge in [0.05, 0.1) is 6.61 Å². The van der Waals surface area contributed by atoms with Gasteiger partial charge in [-0.1, -0.05) is 39.0 Å². The molecule has 1 amide bonds. The van der Waals surface area contributed by atoms with Gasteiger partial charge >= 0.3 is 6.09 Å². The number of rotatable bonds is 9. The van der Waals surface area contributed by atoms with Crippen molar-refractivity contribution in [3.8, 4) is 11.5 Å². The molecule has 0 atom stereocenters. The van der Waals surface area contributed by atoms with E-state index >= 15 is 0 Å². The molecule has 0 heterocycles. The molecular formula is C15H23NO3. The highest BCUT2D eigenvalue weighted by Gasteiger charge is 1.99. The van der Waals surface area contributed by atoms with Crippen molar-refractivity contribution in [3.63, 3.8) is 0 Å². The normalized spacial score (nSPS) is 10.2. The molecule has 106 valence electrons. The molecule has 4 nitrogen and oxygen atoms in total. The zero-order valence-electron chi connectivity index (χ0n) is 11.6. The molecule has 1 aromatic carbocycles. The van der Waals surface area contributed by atoms with Gasteiger partial charge in [-0.3, -0.25) is 0 Å². The number of unbranched alkanes of at least 4 members (excludes halogenated alkanes) is 5. The van der Waals surface area contributed by atoms with E-state index in [0.29, 0.717) is 5.75 Å². The van der Waals surface area contributed by atoms with E-state index in [-0.39, 0.29) is 0 Å². The number of ether oxygens (including phenoxy) is 2. The fraction of sp³-hybridized carbons (Fsp3) is 0.533. The summed E-state index contributed by atoms with van der Waals surface area (Å²) in [6.07, 6.45) is 6.67. The maximum Gasteiger partial charge on any atom is 0.409 e. The zero-order valence-corrected chi connectivity index (χ0v) is 11.6. The van der Waals surface area contributed by atoms with Crippen molar-refractivity contribution >= 4 is 6.09 Å². The van der Waals surface area contributed by atoms with E-state index in [2.05, 4.69) is 6.92 Å². The lowest BCUT2D eigenvalue weighted by Gasteiger charge is -2.07. The fourth-order valence-electron chi connectivity index (χ4n) is 1.79. The monoisotopic (exact) mass is 265 g/mol. The second-order valence-electron chi connectivity index (χ2n) is 4.51. The summed E-state index contributed by atoms with van der Waals surface area (Å²) in [5, 5.41) is 0. The molecule has 0 spiro atoms. The van der Waals surface area contributed by atoms with Crippen LogP contribution in [-0.2, 0) is 0 Å². The number of benzene rings is 1. The van der Waals surface area contributed by atoms with Crippen LogP contribution in [0, 0.1) is 0 Å². The molecule has 0 saturated heterocycles. The minimum Gasteiger partial charge on any atom is -0.494 e. The lowest BCUT2D eigenvalue weighted by Crippen LogP contribution is -2.16. The molecule has 0 fully saturated rings. The largest absolute Gasteiger partial charge is 0.494 e. The van der Waals surface area contributed by atoms with Crippen LogP contribution in [0.4, 0.5) is 4.79 Å². The summed E-state index contributed by atoms with van der Waals surface area (Å²) in [5.41, 5.74) is 4.92. The first-order valence-corrected chi connectivity index (χ1v) is 6.92. The number of amides is 1. The van der Waals surface area contributed by atoms with Crippen molar-refractivity contribution in [3.05, 3.63) is 24.3 Å². The van der Waals surface area contributed by atoms with Crippen molar-refractivity contribution in [2.24, 2.45) is 5.73 Å². The number of carbonyl (C=O) groups excluding carboxylic acids is 1. The highest BCUT2D eigenvalue weighted by Crippen LogP contribution is 2.18. The molecule has 0 radical (unpaired) electrons. The highest BCUT2D eigenvalue weighted by molar-refractivity contribution is 5.68. The SMILES string of the molecule is CCCCCCCCOc1ccc(OC(N)=O)cc1. The summed E-state index contributed by atoms with van der Waals surface area (Å²) in [6, 6.07) is 6.88. The first kappa shape index (κ1) is 15.3. The van der Waals surface area contributed by atoms with E-state index in [1.165, 1.54) is 32.1 Å². The molecule has 0 aromatic heterocycles. The number of primary amides is 1. The molecule has 0 bridgehead atoms. The van der Waals surface area contributed by atoms with Crippen LogP contribution in [0.1, 0.15) is 45.4 Å². The predicted octanol–water partition coefficient (Wildman–Crippen LogP) is 3.88. The average Bonchev–Trinajstić information content (AvgIpc) is 2.39. The highest BCUT2D eigenvalue weighted by atomic mass is 16.5. The van der Waals surface area contributed by atoms with Crippen LogP contribution in [-0.4, -0.2) is 12.7 Å². The van der Waals surface area contributed by atoms with Crippen molar-refractivity contribution in [1.29, 1.82) is 0 Å². The topological polar surface area (TPSA) is 61.6 Å². The standard InChI is InChI=1S/C15H23NO3/c1-2-3-4-5-6-7-12-18-13-8-10-14(11-9-13)19-15(16)17/h8-11H,2-7,12H2,1H3,(H2,16,17). The Kier molecular flexibility index (Phi) is 7.47. The first-order valence-electron chi connectivity index (χ1n) is 6.92. The maximum atomic E-state index is 10.5. The van der Waals surface area contributed by atoms with Gasteiger partial charge in [-0.05, 0) is 30.7 Å². The molecule has 0 aliphatic rings. The Balaban J connectivity index is 2.14. The van der Waals surface area contributed by atoms with Crippen LogP contribution in [0.2, 0.25) is 0 Å². The molecule has 4 heteroatoms. The molecule has 2 N–H and O–H groups in total. The Hall–Kier alpha value is -1.71. The lowest BCUT2D eigenvalue weighted by atomic mass is 10.1. The van der Waals surface area contributed by atoms with E-state index in [1.54, 1.807) is 24.3 Å². The van der Waals surface area contributed by atoms with Gasteiger partial charge in [-0.15, -0.1) is 0 Å². The molecule has 0 unspecified atom stereocenters. The number of hydrogen-bond donors (Lipinski definition) is 1. The Morgan fingerprint density at radius 3 is 2.21 bits per heavy atom. The molecule has 1 aromatic rings.